The van der Waals surface area contributed by atoms with Crippen LogP contribution >= 0.6 is 0 Å². The van der Waals surface area contributed by atoms with E-state index in [9.17, 15) is 9.90 Å². The van der Waals surface area contributed by atoms with Crippen molar-refractivity contribution < 1.29 is 9.90 Å². The van der Waals surface area contributed by atoms with Gasteiger partial charge in [-0.15, -0.1) is 5.10 Å². The minimum Gasteiger partial charge on any atom is -0.477 e. The van der Waals surface area contributed by atoms with E-state index in [2.05, 4.69) is 10.1 Å². The molecular formula is C15H15N5O2. The Bertz CT molecular complexity index is 869. The molecule has 0 atom stereocenters. The largest absolute Gasteiger partial charge is 0.477 e. The third-order valence-corrected chi connectivity index (χ3v) is 3.40. The summed E-state index contributed by atoms with van der Waals surface area (Å²) >= 11 is 0. The lowest BCUT2D eigenvalue weighted by Gasteiger charge is -2.17. The maximum atomic E-state index is 11.3. The van der Waals surface area contributed by atoms with Crippen LogP contribution in [0.3, 0.4) is 0 Å². The van der Waals surface area contributed by atoms with Gasteiger partial charge in [-0.1, -0.05) is 18.2 Å². The smallest absolute Gasteiger partial charge is 0.354 e. The van der Waals surface area contributed by atoms with Gasteiger partial charge in [-0.25, -0.2) is 9.31 Å². The molecule has 112 valence electrons. The molecule has 0 aliphatic heterocycles. The van der Waals surface area contributed by atoms with Crippen LogP contribution in [-0.2, 0) is 0 Å². The third kappa shape index (κ3) is 2.12. The highest BCUT2D eigenvalue weighted by atomic mass is 16.4. The zero-order valence-corrected chi connectivity index (χ0v) is 12.2. The molecule has 0 spiro atoms. The molecule has 2 aromatic heterocycles. The zero-order chi connectivity index (χ0) is 15.9. The number of carboxylic acids is 1. The van der Waals surface area contributed by atoms with Crippen molar-refractivity contribution in [3.05, 3.63) is 42.1 Å². The first-order chi connectivity index (χ1) is 10.5. The van der Waals surface area contributed by atoms with Gasteiger partial charge >= 0.3 is 5.97 Å². The molecule has 22 heavy (non-hydrogen) atoms. The molecule has 0 aliphatic rings. The number of benzene rings is 1. The van der Waals surface area contributed by atoms with Crippen molar-refractivity contribution in [1.29, 1.82) is 0 Å². The van der Waals surface area contributed by atoms with E-state index >= 15 is 0 Å². The SMILES string of the molecule is CN(C)c1ccccc1-c1ccc(C(=O)O)n2nc(N)nc12. The summed E-state index contributed by atoms with van der Waals surface area (Å²) in [5.41, 5.74) is 8.80. The summed E-state index contributed by atoms with van der Waals surface area (Å²) in [5.74, 6) is -1.04. The Kier molecular flexibility index (Phi) is 3.17. The number of nitrogens with zero attached hydrogens (tertiary/aromatic N) is 4. The molecule has 0 saturated heterocycles. The summed E-state index contributed by atoms with van der Waals surface area (Å²) in [6.45, 7) is 0. The average Bonchev–Trinajstić information content (AvgIpc) is 2.87. The highest BCUT2D eigenvalue weighted by Crippen LogP contribution is 2.32. The number of aromatic carboxylic acids is 1. The number of hydrogen-bond acceptors (Lipinski definition) is 5. The van der Waals surface area contributed by atoms with Gasteiger partial charge in [0.25, 0.3) is 0 Å². The van der Waals surface area contributed by atoms with Crippen LogP contribution in [-0.4, -0.2) is 39.8 Å². The summed E-state index contributed by atoms with van der Waals surface area (Å²) < 4.78 is 1.26. The highest BCUT2D eigenvalue weighted by Gasteiger charge is 2.17. The molecule has 3 N–H and O–H groups in total. The summed E-state index contributed by atoms with van der Waals surface area (Å²) in [6.07, 6.45) is 0. The van der Waals surface area contributed by atoms with E-state index in [-0.39, 0.29) is 11.6 Å². The minimum absolute atomic E-state index is 0.0188. The topological polar surface area (TPSA) is 96.8 Å². The lowest BCUT2D eigenvalue weighted by atomic mass is 10.0. The molecule has 0 radical (unpaired) electrons. The predicted molar refractivity (Wildman–Crippen MR) is 84.1 cm³/mol. The van der Waals surface area contributed by atoms with Crippen molar-refractivity contribution in [2.75, 3.05) is 24.7 Å². The quantitative estimate of drug-likeness (QED) is 0.764. The van der Waals surface area contributed by atoms with Crippen LogP contribution in [0, 0.1) is 0 Å². The predicted octanol–water partition coefficient (Wildman–Crippen LogP) is 1.74. The number of fused-ring (bicyclic) bond motifs is 1. The van der Waals surface area contributed by atoms with Crippen LogP contribution in [0.4, 0.5) is 11.6 Å². The molecule has 0 fully saturated rings. The Labute approximate surface area is 126 Å². The molecule has 0 saturated carbocycles. The number of rotatable bonds is 3. The Balaban J connectivity index is 2.34. The Hall–Kier alpha value is -3.09. The lowest BCUT2D eigenvalue weighted by Crippen LogP contribution is -2.11. The van der Waals surface area contributed by atoms with E-state index in [4.69, 9.17) is 5.73 Å². The fraction of sp³-hybridized carbons (Fsp3) is 0.133. The summed E-state index contributed by atoms with van der Waals surface area (Å²) in [6, 6.07) is 11.0. The second-order valence-electron chi connectivity index (χ2n) is 5.05. The molecule has 2 heterocycles. The molecule has 0 bridgehead atoms. The molecule has 0 aliphatic carbocycles. The third-order valence-electron chi connectivity index (χ3n) is 3.40. The summed E-state index contributed by atoms with van der Waals surface area (Å²) in [7, 11) is 3.89. The van der Waals surface area contributed by atoms with Crippen molar-refractivity contribution in [3.8, 4) is 11.1 Å². The number of aromatic nitrogens is 3. The van der Waals surface area contributed by atoms with Crippen LogP contribution in [0.5, 0.6) is 0 Å². The zero-order valence-electron chi connectivity index (χ0n) is 12.2. The molecule has 0 unspecified atom stereocenters. The summed E-state index contributed by atoms with van der Waals surface area (Å²) in [5, 5.41) is 13.2. The fourth-order valence-electron chi connectivity index (χ4n) is 2.44. The number of nitrogen functional groups attached to an aromatic ring is 1. The normalized spacial score (nSPS) is 10.8. The first-order valence-corrected chi connectivity index (χ1v) is 6.64. The number of para-hydroxylation sites is 1. The Morgan fingerprint density at radius 1 is 1.18 bits per heavy atom. The van der Waals surface area contributed by atoms with Gasteiger partial charge < -0.3 is 15.7 Å². The van der Waals surface area contributed by atoms with Gasteiger partial charge in [0.2, 0.25) is 5.95 Å². The van der Waals surface area contributed by atoms with Crippen LogP contribution in [0.15, 0.2) is 36.4 Å². The highest BCUT2D eigenvalue weighted by molar-refractivity contribution is 5.91. The van der Waals surface area contributed by atoms with Crippen LogP contribution in [0.1, 0.15) is 10.5 Å². The van der Waals surface area contributed by atoms with Crippen LogP contribution < -0.4 is 10.6 Å². The minimum atomic E-state index is -1.08. The van der Waals surface area contributed by atoms with Crippen molar-refractivity contribution in [3.63, 3.8) is 0 Å². The molecule has 1 aromatic carbocycles. The van der Waals surface area contributed by atoms with E-state index in [1.807, 2.05) is 43.3 Å². The average molecular weight is 297 g/mol. The number of carboxylic acid groups (broad SMARTS) is 1. The molecule has 3 rings (SSSR count). The first-order valence-electron chi connectivity index (χ1n) is 6.64. The van der Waals surface area contributed by atoms with Gasteiger partial charge in [0.15, 0.2) is 11.3 Å². The standard InChI is InChI=1S/C15H15N5O2/c1-19(2)11-6-4-3-5-9(11)10-7-8-12(14(21)22)20-13(10)17-15(16)18-20/h3-8H,1-2H3,(H2,16,18)(H,21,22). The van der Waals surface area contributed by atoms with E-state index in [1.54, 1.807) is 6.07 Å². The van der Waals surface area contributed by atoms with E-state index in [1.165, 1.54) is 10.6 Å². The van der Waals surface area contributed by atoms with Gasteiger partial charge in [0.05, 0.1) is 0 Å². The van der Waals surface area contributed by atoms with E-state index < -0.39 is 5.97 Å². The summed E-state index contributed by atoms with van der Waals surface area (Å²) in [4.78, 5) is 17.5. The van der Waals surface area contributed by atoms with E-state index in [0.29, 0.717) is 5.65 Å². The fourth-order valence-corrected chi connectivity index (χ4v) is 2.44. The van der Waals surface area contributed by atoms with Crippen LogP contribution in [0.2, 0.25) is 0 Å². The van der Waals surface area contributed by atoms with Gasteiger partial charge in [-0.05, 0) is 18.2 Å². The second-order valence-corrected chi connectivity index (χ2v) is 5.05. The van der Waals surface area contributed by atoms with Gasteiger partial charge in [0, 0.05) is 30.9 Å². The van der Waals surface area contributed by atoms with Crippen molar-refractivity contribution in [2.45, 2.75) is 0 Å². The second kappa shape index (κ2) is 5.03. The van der Waals surface area contributed by atoms with Crippen molar-refractivity contribution in [2.24, 2.45) is 0 Å². The van der Waals surface area contributed by atoms with Gasteiger partial charge in [-0.3, -0.25) is 0 Å². The van der Waals surface area contributed by atoms with Gasteiger partial charge in [-0.2, -0.15) is 4.98 Å². The number of anilines is 2. The van der Waals surface area contributed by atoms with Gasteiger partial charge in [0.1, 0.15) is 0 Å². The number of pyridine rings is 1. The number of hydrogen-bond donors (Lipinski definition) is 2. The molecule has 0 amide bonds. The molecule has 7 heteroatoms. The van der Waals surface area contributed by atoms with Crippen molar-refractivity contribution >= 4 is 23.3 Å². The maximum absolute atomic E-state index is 11.3. The number of carbonyl (C=O) groups is 1. The molecule has 3 aromatic rings. The molecule has 7 nitrogen and oxygen atoms in total. The first kappa shape index (κ1) is 13.9. The van der Waals surface area contributed by atoms with Crippen molar-refractivity contribution in [1.82, 2.24) is 14.6 Å². The van der Waals surface area contributed by atoms with E-state index in [0.717, 1.165) is 16.8 Å². The lowest BCUT2D eigenvalue weighted by molar-refractivity contribution is 0.0687. The number of nitrogens with two attached hydrogens (primary N) is 1. The maximum Gasteiger partial charge on any atom is 0.354 e. The van der Waals surface area contributed by atoms with Crippen LogP contribution in [0.25, 0.3) is 16.8 Å². The molecular weight excluding hydrogens is 282 g/mol. The Morgan fingerprint density at radius 3 is 2.59 bits per heavy atom. The monoisotopic (exact) mass is 297 g/mol. The Morgan fingerprint density at radius 2 is 1.91 bits per heavy atom.